The summed E-state index contributed by atoms with van der Waals surface area (Å²) in [5.41, 5.74) is -0.937. The summed E-state index contributed by atoms with van der Waals surface area (Å²) in [4.78, 5) is 12.1. The molecule has 0 aliphatic carbocycles. The van der Waals surface area contributed by atoms with Crippen LogP contribution in [0.15, 0.2) is 60.9 Å². The normalized spacial score (nSPS) is 11.5. The molecule has 0 bridgehead atoms. The standard InChI is InChI=1S/C18H12ClF3N2O/c19-16-6-5-14(9-15(16)18(20,21)22)23-17(25)11-24-8-7-12-3-1-2-4-13(12)10-24/h1-10H,11H2/p+1. The Labute approximate surface area is 146 Å². The molecule has 2 aromatic carbocycles. The SMILES string of the molecule is O=C(C[n+]1ccc2ccccc2c1)Nc1ccc(Cl)c(C(F)(F)F)c1. The van der Waals surface area contributed by atoms with Crippen LogP contribution in [-0.2, 0) is 17.5 Å². The van der Waals surface area contributed by atoms with Gasteiger partial charge in [-0.05, 0) is 29.7 Å². The monoisotopic (exact) mass is 365 g/mol. The minimum atomic E-state index is -4.58. The number of aromatic nitrogens is 1. The number of halogens is 4. The molecule has 1 aromatic heterocycles. The van der Waals surface area contributed by atoms with Gasteiger partial charge in [0.1, 0.15) is 0 Å². The van der Waals surface area contributed by atoms with Crippen molar-refractivity contribution in [1.29, 1.82) is 0 Å². The molecule has 0 fully saturated rings. The fourth-order valence-electron chi connectivity index (χ4n) is 2.46. The van der Waals surface area contributed by atoms with E-state index in [-0.39, 0.29) is 12.2 Å². The van der Waals surface area contributed by atoms with Gasteiger partial charge in [-0.25, -0.2) is 0 Å². The summed E-state index contributed by atoms with van der Waals surface area (Å²) >= 11 is 5.57. The smallest absolute Gasteiger partial charge is 0.321 e. The van der Waals surface area contributed by atoms with Crippen molar-refractivity contribution in [2.24, 2.45) is 0 Å². The lowest BCUT2D eigenvalue weighted by molar-refractivity contribution is -0.682. The first-order valence-corrected chi connectivity index (χ1v) is 7.75. The minimum Gasteiger partial charge on any atom is -0.321 e. The number of hydrogen-bond acceptors (Lipinski definition) is 1. The van der Waals surface area contributed by atoms with E-state index < -0.39 is 22.7 Å². The molecule has 0 radical (unpaired) electrons. The topological polar surface area (TPSA) is 33.0 Å². The van der Waals surface area contributed by atoms with Crippen molar-refractivity contribution in [2.45, 2.75) is 12.7 Å². The molecule has 0 atom stereocenters. The molecule has 0 aliphatic rings. The van der Waals surface area contributed by atoms with Crippen LogP contribution in [0.25, 0.3) is 10.8 Å². The summed E-state index contributed by atoms with van der Waals surface area (Å²) < 4.78 is 40.2. The number of anilines is 1. The van der Waals surface area contributed by atoms with Gasteiger partial charge in [0, 0.05) is 17.1 Å². The summed E-state index contributed by atoms with van der Waals surface area (Å²) in [6, 6.07) is 12.8. The number of carbonyl (C=O) groups is 1. The first-order chi connectivity index (χ1) is 11.8. The highest BCUT2D eigenvalue weighted by Gasteiger charge is 2.33. The molecular formula is C18H13ClF3N2O+. The van der Waals surface area contributed by atoms with Gasteiger partial charge < -0.3 is 5.32 Å². The quantitative estimate of drug-likeness (QED) is 0.684. The predicted octanol–water partition coefficient (Wildman–Crippen LogP) is 4.44. The highest BCUT2D eigenvalue weighted by Crippen LogP contribution is 2.36. The highest BCUT2D eigenvalue weighted by molar-refractivity contribution is 6.31. The number of carbonyl (C=O) groups excluding carboxylic acids is 1. The maximum atomic E-state index is 12.9. The van der Waals surface area contributed by atoms with Gasteiger partial charge in [0.05, 0.1) is 10.6 Å². The Kier molecular flexibility index (Phi) is 4.63. The molecule has 7 heteroatoms. The number of rotatable bonds is 3. The van der Waals surface area contributed by atoms with E-state index in [0.29, 0.717) is 0 Å². The van der Waals surface area contributed by atoms with Crippen LogP contribution in [0, 0.1) is 0 Å². The van der Waals surface area contributed by atoms with E-state index in [1.165, 1.54) is 6.07 Å². The van der Waals surface area contributed by atoms with E-state index in [2.05, 4.69) is 5.32 Å². The Hall–Kier alpha value is -2.60. The van der Waals surface area contributed by atoms with Gasteiger partial charge in [-0.3, -0.25) is 4.79 Å². The van der Waals surface area contributed by atoms with Gasteiger partial charge in [-0.1, -0.05) is 29.8 Å². The molecule has 0 saturated heterocycles. The molecule has 3 rings (SSSR count). The molecule has 0 unspecified atom stereocenters. The van der Waals surface area contributed by atoms with E-state index >= 15 is 0 Å². The van der Waals surface area contributed by atoms with Crippen LogP contribution in [-0.4, -0.2) is 5.91 Å². The molecular weight excluding hydrogens is 353 g/mol. The zero-order valence-corrected chi connectivity index (χ0v) is 13.6. The second-order valence-electron chi connectivity index (χ2n) is 5.49. The second-order valence-corrected chi connectivity index (χ2v) is 5.89. The van der Waals surface area contributed by atoms with Gasteiger partial charge in [-0.15, -0.1) is 0 Å². The molecule has 0 saturated carbocycles. The van der Waals surface area contributed by atoms with Crippen molar-refractivity contribution in [1.82, 2.24) is 0 Å². The maximum Gasteiger partial charge on any atom is 0.417 e. The molecule has 0 aliphatic heterocycles. The molecule has 128 valence electrons. The van der Waals surface area contributed by atoms with Crippen LogP contribution < -0.4 is 9.88 Å². The molecule has 1 heterocycles. The van der Waals surface area contributed by atoms with Gasteiger partial charge in [0.2, 0.25) is 6.54 Å². The van der Waals surface area contributed by atoms with Crippen LogP contribution in [0.2, 0.25) is 5.02 Å². The summed E-state index contributed by atoms with van der Waals surface area (Å²) in [6.07, 6.45) is -1.03. The van der Waals surface area contributed by atoms with Gasteiger partial charge >= 0.3 is 6.18 Å². The average molecular weight is 366 g/mol. The average Bonchev–Trinajstić information content (AvgIpc) is 2.55. The third kappa shape index (κ3) is 4.09. The fourth-order valence-corrected chi connectivity index (χ4v) is 2.69. The van der Waals surface area contributed by atoms with Crippen molar-refractivity contribution < 1.29 is 22.5 Å². The van der Waals surface area contributed by atoms with Crippen molar-refractivity contribution in [3.8, 4) is 0 Å². The lowest BCUT2D eigenvalue weighted by Gasteiger charge is -2.11. The van der Waals surface area contributed by atoms with Crippen molar-refractivity contribution in [3.05, 3.63) is 71.5 Å². The number of amides is 1. The van der Waals surface area contributed by atoms with Gasteiger partial charge in [0.25, 0.3) is 5.91 Å². The Bertz CT molecular complexity index is 941. The van der Waals surface area contributed by atoms with Crippen LogP contribution in [0.3, 0.4) is 0 Å². The largest absolute Gasteiger partial charge is 0.417 e. The Morgan fingerprint density at radius 2 is 1.80 bits per heavy atom. The maximum absolute atomic E-state index is 12.9. The highest BCUT2D eigenvalue weighted by atomic mass is 35.5. The third-order valence-electron chi connectivity index (χ3n) is 3.63. The number of nitrogens with one attached hydrogen (secondary N) is 1. The number of alkyl halides is 3. The lowest BCUT2D eigenvalue weighted by atomic mass is 10.2. The second kappa shape index (κ2) is 6.72. The van der Waals surface area contributed by atoms with Crippen LogP contribution >= 0.6 is 11.6 Å². The number of pyridine rings is 1. The minimum absolute atomic E-state index is 0.0190. The van der Waals surface area contributed by atoms with Crippen molar-refractivity contribution in [3.63, 3.8) is 0 Å². The fraction of sp³-hybridized carbons (Fsp3) is 0.111. The molecule has 3 nitrogen and oxygen atoms in total. The predicted molar refractivity (Wildman–Crippen MR) is 89.2 cm³/mol. The molecule has 1 amide bonds. The third-order valence-corrected chi connectivity index (χ3v) is 3.96. The van der Waals surface area contributed by atoms with Crippen molar-refractivity contribution in [2.75, 3.05) is 5.32 Å². The number of nitrogens with zero attached hydrogens (tertiary/aromatic N) is 1. The van der Waals surface area contributed by atoms with E-state index in [1.54, 1.807) is 17.0 Å². The molecule has 0 spiro atoms. The summed E-state index contributed by atoms with van der Waals surface area (Å²) in [5, 5.41) is 4.05. The van der Waals surface area contributed by atoms with E-state index in [0.717, 1.165) is 22.9 Å². The van der Waals surface area contributed by atoms with E-state index in [9.17, 15) is 18.0 Å². The Morgan fingerprint density at radius 3 is 2.52 bits per heavy atom. The Morgan fingerprint density at radius 1 is 1.08 bits per heavy atom. The molecule has 25 heavy (non-hydrogen) atoms. The van der Waals surface area contributed by atoms with Gasteiger partial charge in [0.15, 0.2) is 12.4 Å². The number of benzene rings is 2. The summed E-state index contributed by atoms with van der Waals surface area (Å²) in [5.74, 6) is -0.435. The Balaban J connectivity index is 1.76. The van der Waals surface area contributed by atoms with E-state index in [4.69, 9.17) is 11.6 Å². The first-order valence-electron chi connectivity index (χ1n) is 7.37. The van der Waals surface area contributed by atoms with Crippen molar-refractivity contribution >= 4 is 34.0 Å². The van der Waals surface area contributed by atoms with Gasteiger partial charge in [-0.2, -0.15) is 17.7 Å². The van der Waals surface area contributed by atoms with Crippen LogP contribution in [0.4, 0.5) is 18.9 Å². The molecule has 3 aromatic rings. The lowest BCUT2D eigenvalue weighted by Crippen LogP contribution is -2.39. The summed E-state index contributed by atoms with van der Waals surface area (Å²) in [6.45, 7) is -0.0190. The zero-order chi connectivity index (χ0) is 18.0. The molecule has 1 N–H and O–H groups in total. The van der Waals surface area contributed by atoms with E-state index in [1.807, 2.05) is 30.3 Å². The number of fused-ring (bicyclic) bond motifs is 1. The van der Waals surface area contributed by atoms with Crippen LogP contribution in [0.5, 0.6) is 0 Å². The van der Waals surface area contributed by atoms with Crippen LogP contribution in [0.1, 0.15) is 5.56 Å². The summed E-state index contributed by atoms with van der Waals surface area (Å²) in [7, 11) is 0. The number of hydrogen-bond donors (Lipinski definition) is 1. The first kappa shape index (κ1) is 17.2. The zero-order valence-electron chi connectivity index (χ0n) is 12.8.